The van der Waals surface area contributed by atoms with Gasteiger partial charge in [0, 0.05) is 30.8 Å². The lowest BCUT2D eigenvalue weighted by Gasteiger charge is -2.11. The van der Waals surface area contributed by atoms with Crippen molar-refractivity contribution < 1.29 is 9.53 Å². The number of anilines is 3. The molecule has 0 aliphatic rings. The highest BCUT2D eigenvalue weighted by Gasteiger charge is 2.11. The Kier molecular flexibility index (Phi) is 5.99. The molecule has 0 radical (unpaired) electrons. The molecule has 3 N–H and O–H groups in total. The quantitative estimate of drug-likeness (QED) is 0.411. The summed E-state index contributed by atoms with van der Waals surface area (Å²) < 4.78 is 5.97. The number of ether oxygens (including phenoxy) is 1. The molecule has 8 nitrogen and oxygen atoms in total. The number of carbonyl (C=O) groups excluding carboxylic acids is 1. The number of nitrogens with one attached hydrogen (secondary N) is 3. The molecule has 2 heterocycles. The first-order valence-corrected chi connectivity index (χ1v) is 9.58. The lowest BCUT2D eigenvalue weighted by molar-refractivity contribution is 0.262. The maximum absolute atomic E-state index is 12.1. The molecule has 0 unspecified atom stereocenters. The van der Waals surface area contributed by atoms with Crippen LogP contribution in [-0.4, -0.2) is 28.0 Å². The summed E-state index contributed by atoms with van der Waals surface area (Å²) in [7, 11) is 1.76. The minimum absolute atomic E-state index is 0.323. The number of hydrogen-bond acceptors (Lipinski definition) is 6. The summed E-state index contributed by atoms with van der Waals surface area (Å²) in [4.78, 5) is 25.1. The Balaban J connectivity index is 1.45. The van der Waals surface area contributed by atoms with E-state index in [1.54, 1.807) is 49.8 Å². The monoisotopic (exact) mass is 412 g/mol. The highest BCUT2D eigenvalue weighted by Crippen LogP contribution is 2.30. The molecule has 0 aliphatic heterocycles. The molecule has 2 amide bonds. The standard InChI is InChI=1S/C23H20N6O2/c1-24-22-26-15-13-20(29-22)19-8-5-14-25-21(19)31-18-11-9-17(10-12-18)28-23(30)27-16-6-3-2-4-7-16/h2-15H,1H3,(H,24,26,29)(H2,27,28,30). The molecule has 2 aromatic carbocycles. The second kappa shape index (κ2) is 9.36. The van der Waals surface area contributed by atoms with Crippen molar-refractivity contribution in [1.29, 1.82) is 0 Å². The lowest BCUT2D eigenvalue weighted by atomic mass is 10.2. The van der Waals surface area contributed by atoms with Gasteiger partial charge in [0.05, 0.1) is 11.3 Å². The molecule has 0 atom stereocenters. The van der Waals surface area contributed by atoms with Crippen LogP contribution < -0.4 is 20.7 Å². The second-order valence-corrected chi connectivity index (χ2v) is 6.44. The number of carbonyl (C=O) groups is 1. The van der Waals surface area contributed by atoms with Gasteiger partial charge in [-0.25, -0.2) is 19.7 Å². The lowest BCUT2D eigenvalue weighted by Crippen LogP contribution is -2.19. The number of pyridine rings is 1. The predicted octanol–water partition coefficient (Wildman–Crippen LogP) is 5.02. The molecule has 8 heteroatoms. The van der Waals surface area contributed by atoms with E-state index in [1.165, 1.54) is 0 Å². The third-order valence-corrected chi connectivity index (χ3v) is 4.28. The molecule has 0 aliphatic carbocycles. The Morgan fingerprint density at radius 2 is 1.55 bits per heavy atom. The maximum atomic E-state index is 12.1. The van der Waals surface area contributed by atoms with Crippen LogP contribution in [-0.2, 0) is 0 Å². The highest BCUT2D eigenvalue weighted by molar-refractivity contribution is 5.99. The number of urea groups is 1. The first-order chi connectivity index (χ1) is 15.2. The van der Waals surface area contributed by atoms with Gasteiger partial charge in [-0.2, -0.15) is 0 Å². The van der Waals surface area contributed by atoms with Crippen molar-refractivity contribution in [2.24, 2.45) is 0 Å². The highest BCUT2D eigenvalue weighted by atomic mass is 16.5. The fourth-order valence-electron chi connectivity index (χ4n) is 2.83. The second-order valence-electron chi connectivity index (χ2n) is 6.44. The Hall–Kier alpha value is -4.46. The number of aromatic nitrogens is 3. The van der Waals surface area contributed by atoms with E-state index in [1.807, 2.05) is 42.5 Å². The van der Waals surface area contributed by atoms with Crippen molar-refractivity contribution in [2.45, 2.75) is 0 Å². The number of rotatable bonds is 6. The molecule has 0 fully saturated rings. The molecule has 0 bridgehead atoms. The van der Waals surface area contributed by atoms with E-state index in [9.17, 15) is 4.79 Å². The maximum Gasteiger partial charge on any atom is 0.323 e. The van der Waals surface area contributed by atoms with E-state index in [0.29, 0.717) is 34.6 Å². The third-order valence-electron chi connectivity index (χ3n) is 4.28. The number of hydrogen-bond donors (Lipinski definition) is 3. The van der Waals surface area contributed by atoms with Crippen molar-refractivity contribution >= 4 is 23.4 Å². The Morgan fingerprint density at radius 1 is 0.806 bits per heavy atom. The van der Waals surface area contributed by atoms with Crippen molar-refractivity contribution in [3.63, 3.8) is 0 Å². The van der Waals surface area contributed by atoms with E-state index < -0.39 is 0 Å². The molecule has 154 valence electrons. The summed E-state index contributed by atoms with van der Waals surface area (Å²) in [5.41, 5.74) is 2.79. The SMILES string of the molecule is CNc1nccc(-c2cccnc2Oc2ccc(NC(=O)Nc3ccccc3)cc2)n1. The Morgan fingerprint density at radius 3 is 2.29 bits per heavy atom. The molecular formula is C23H20N6O2. The van der Waals surface area contributed by atoms with Crippen LogP contribution in [0, 0.1) is 0 Å². The molecular weight excluding hydrogens is 392 g/mol. The van der Waals surface area contributed by atoms with Gasteiger partial charge < -0.3 is 20.7 Å². The molecule has 4 aromatic rings. The van der Waals surface area contributed by atoms with Gasteiger partial charge in [-0.1, -0.05) is 18.2 Å². The van der Waals surface area contributed by atoms with Crippen LogP contribution in [0.25, 0.3) is 11.3 Å². The molecule has 0 spiro atoms. The van der Waals surface area contributed by atoms with Crippen LogP contribution in [0.1, 0.15) is 0 Å². The number of nitrogens with zero attached hydrogens (tertiary/aromatic N) is 3. The van der Waals surface area contributed by atoms with Crippen LogP contribution in [0.4, 0.5) is 22.1 Å². The van der Waals surface area contributed by atoms with E-state index in [2.05, 4.69) is 30.9 Å². The summed E-state index contributed by atoms with van der Waals surface area (Å²) in [6, 6.07) is 21.4. The van der Waals surface area contributed by atoms with E-state index >= 15 is 0 Å². The minimum atomic E-state index is -0.323. The van der Waals surface area contributed by atoms with Gasteiger partial charge >= 0.3 is 6.03 Å². The number of benzene rings is 2. The summed E-state index contributed by atoms with van der Waals surface area (Å²) in [6.07, 6.45) is 3.33. The predicted molar refractivity (Wildman–Crippen MR) is 120 cm³/mol. The van der Waals surface area contributed by atoms with Crippen LogP contribution in [0.3, 0.4) is 0 Å². The summed E-state index contributed by atoms with van der Waals surface area (Å²) >= 11 is 0. The largest absolute Gasteiger partial charge is 0.438 e. The van der Waals surface area contributed by atoms with Gasteiger partial charge in [-0.05, 0) is 54.6 Å². The van der Waals surface area contributed by atoms with E-state index in [0.717, 1.165) is 5.56 Å². The first-order valence-electron chi connectivity index (χ1n) is 9.58. The van der Waals surface area contributed by atoms with Crippen LogP contribution in [0.15, 0.2) is 85.2 Å². The zero-order valence-corrected chi connectivity index (χ0v) is 16.7. The van der Waals surface area contributed by atoms with Gasteiger partial charge in [0.1, 0.15) is 5.75 Å². The van der Waals surface area contributed by atoms with Crippen LogP contribution in [0.5, 0.6) is 11.6 Å². The normalized spacial score (nSPS) is 10.2. The van der Waals surface area contributed by atoms with Crippen molar-refractivity contribution in [1.82, 2.24) is 15.0 Å². The topological polar surface area (TPSA) is 101 Å². The van der Waals surface area contributed by atoms with Gasteiger partial charge in [-0.15, -0.1) is 0 Å². The molecule has 31 heavy (non-hydrogen) atoms. The molecule has 2 aromatic heterocycles. The number of amides is 2. The van der Waals surface area contributed by atoms with Crippen LogP contribution in [0.2, 0.25) is 0 Å². The summed E-state index contributed by atoms with van der Waals surface area (Å²) in [6.45, 7) is 0. The molecule has 4 rings (SSSR count). The fourth-order valence-corrected chi connectivity index (χ4v) is 2.83. The van der Waals surface area contributed by atoms with Gasteiger partial charge in [-0.3, -0.25) is 0 Å². The van der Waals surface area contributed by atoms with Crippen molar-refractivity contribution in [3.05, 3.63) is 85.2 Å². The number of para-hydroxylation sites is 1. The average Bonchev–Trinajstić information content (AvgIpc) is 2.81. The van der Waals surface area contributed by atoms with E-state index in [-0.39, 0.29) is 6.03 Å². The minimum Gasteiger partial charge on any atom is -0.438 e. The van der Waals surface area contributed by atoms with Gasteiger partial charge in [0.25, 0.3) is 0 Å². The zero-order valence-electron chi connectivity index (χ0n) is 16.7. The Bertz CT molecular complexity index is 1170. The van der Waals surface area contributed by atoms with Crippen LogP contribution >= 0.6 is 0 Å². The smallest absolute Gasteiger partial charge is 0.323 e. The van der Waals surface area contributed by atoms with Crippen molar-refractivity contribution in [3.8, 4) is 22.9 Å². The van der Waals surface area contributed by atoms with Gasteiger partial charge in [0.2, 0.25) is 11.8 Å². The zero-order chi connectivity index (χ0) is 21.5. The summed E-state index contributed by atoms with van der Waals surface area (Å²) in [5.74, 6) is 1.51. The molecule has 0 saturated heterocycles. The average molecular weight is 412 g/mol. The molecule has 0 saturated carbocycles. The first kappa shape index (κ1) is 19.8. The fraction of sp³-hybridized carbons (Fsp3) is 0.0435. The third kappa shape index (κ3) is 5.13. The van der Waals surface area contributed by atoms with Gasteiger partial charge in [0.15, 0.2) is 0 Å². The van der Waals surface area contributed by atoms with E-state index in [4.69, 9.17) is 4.74 Å². The van der Waals surface area contributed by atoms with Crippen molar-refractivity contribution in [2.75, 3.05) is 23.0 Å². The Labute approximate surface area is 179 Å². The summed E-state index contributed by atoms with van der Waals surface area (Å²) in [5, 5.41) is 8.48.